The zero-order valence-electron chi connectivity index (χ0n) is 15.4. The van der Waals surface area contributed by atoms with Crippen LogP contribution < -0.4 is 15.2 Å². The predicted molar refractivity (Wildman–Crippen MR) is 103 cm³/mol. The van der Waals surface area contributed by atoms with Crippen molar-refractivity contribution < 1.29 is 14.6 Å². The second-order valence-electron chi connectivity index (χ2n) is 6.54. The Bertz CT molecular complexity index is 1120. The third-order valence-corrected chi connectivity index (χ3v) is 4.82. The van der Waals surface area contributed by atoms with E-state index >= 15 is 0 Å². The summed E-state index contributed by atoms with van der Waals surface area (Å²) in [7, 11) is 1.48. The summed E-state index contributed by atoms with van der Waals surface area (Å²) < 4.78 is 10.7. The first kappa shape index (κ1) is 17.5. The Labute approximate surface area is 161 Å². The number of phenols is 1. The minimum Gasteiger partial charge on any atom is -0.504 e. The molecule has 0 amide bonds. The summed E-state index contributed by atoms with van der Waals surface area (Å²) >= 11 is 0. The first-order valence-corrected chi connectivity index (χ1v) is 8.63. The van der Waals surface area contributed by atoms with Crippen LogP contribution in [0.1, 0.15) is 22.6 Å². The number of aromatic amines is 1. The number of nitrogens with two attached hydrogens (primary N) is 1. The molecule has 140 valence electrons. The summed E-state index contributed by atoms with van der Waals surface area (Å²) in [4.78, 5) is 0. The van der Waals surface area contributed by atoms with Gasteiger partial charge in [-0.15, -0.1) is 5.10 Å². The molecule has 0 saturated heterocycles. The number of nitriles is 1. The van der Waals surface area contributed by atoms with Gasteiger partial charge in [-0.2, -0.15) is 5.26 Å². The number of allylic oxidation sites excluding steroid dienone is 1. The molecule has 28 heavy (non-hydrogen) atoms. The van der Waals surface area contributed by atoms with E-state index in [0.29, 0.717) is 22.8 Å². The SMILES string of the molecule is COc1ccc([C@@H]2C(C#N)=C(N)Oc3n[nH]c(-c4ccc(C)cc4)c32)cc1O. The van der Waals surface area contributed by atoms with Crippen LogP contribution in [-0.2, 0) is 0 Å². The zero-order valence-corrected chi connectivity index (χ0v) is 15.4. The smallest absolute Gasteiger partial charge is 0.244 e. The van der Waals surface area contributed by atoms with E-state index in [1.807, 2.05) is 31.2 Å². The van der Waals surface area contributed by atoms with Gasteiger partial charge in [-0.3, -0.25) is 5.10 Å². The normalized spacial score (nSPS) is 15.5. The molecule has 0 saturated carbocycles. The number of fused-ring (bicyclic) bond motifs is 1. The van der Waals surface area contributed by atoms with Crippen molar-refractivity contribution in [3.63, 3.8) is 0 Å². The summed E-state index contributed by atoms with van der Waals surface area (Å²) in [6.45, 7) is 2.01. The largest absolute Gasteiger partial charge is 0.504 e. The number of nitrogens with one attached hydrogen (secondary N) is 1. The maximum atomic E-state index is 10.3. The second kappa shape index (κ2) is 6.67. The van der Waals surface area contributed by atoms with Crippen molar-refractivity contribution in [1.29, 1.82) is 5.26 Å². The van der Waals surface area contributed by atoms with E-state index in [1.54, 1.807) is 18.2 Å². The molecule has 7 nitrogen and oxygen atoms in total. The van der Waals surface area contributed by atoms with Gasteiger partial charge < -0.3 is 20.3 Å². The fourth-order valence-electron chi connectivity index (χ4n) is 3.41. The van der Waals surface area contributed by atoms with E-state index in [2.05, 4.69) is 16.3 Å². The van der Waals surface area contributed by atoms with Crippen molar-refractivity contribution in [2.24, 2.45) is 5.73 Å². The van der Waals surface area contributed by atoms with Gasteiger partial charge in [0.2, 0.25) is 11.8 Å². The average Bonchev–Trinajstić information content (AvgIpc) is 3.10. The molecule has 0 spiro atoms. The van der Waals surface area contributed by atoms with Crippen molar-refractivity contribution in [3.05, 3.63) is 70.6 Å². The van der Waals surface area contributed by atoms with Crippen molar-refractivity contribution in [3.8, 4) is 34.7 Å². The highest BCUT2D eigenvalue weighted by Gasteiger charge is 2.35. The molecule has 0 unspecified atom stereocenters. The number of rotatable bonds is 3. The molecule has 1 aromatic heterocycles. The van der Waals surface area contributed by atoms with Crippen molar-refractivity contribution in [1.82, 2.24) is 10.2 Å². The van der Waals surface area contributed by atoms with Crippen LogP contribution in [0.3, 0.4) is 0 Å². The van der Waals surface area contributed by atoms with Gasteiger partial charge >= 0.3 is 0 Å². The number of methoxy groups -OCH3 is 1. The molecule has 1 aliphatic rings. The van der Waals surface area contributed by atoms with Crippen molar-refractivity contribution in [2.45, 2.75) is 12.8 Å². The number of benzene rings is 2. The molecule has 4 N–H and O–H groups in total. The van der Waals surface area contributed by atoms with Gasteiger partial charge in [-0.1, -0.05) is 35.9 Å². The van der Waals surface area contributed by atoms with Crippen molar-refractivity contribution in [2.75, 3.05) is 7.11 Å². The standard InChI is InChI=1S/C21H18N4O3/c1-11-3-5-12(6-4-11)19-18-17(13-7-8-16(27-2)15(26)9-13)14(10-22)20(23)28-21(18)25-24-19/h3-9,17,26H,23H2,1-2H3,(H,24,25)/t17-/m1/s1. The zero-order chi connectivity index (χ0) is 19.8. The number of hydrogen-bond acceptors (Lipinski definition) is 6. The molecule has 1 aliphatic heterocycles. The molecule has 3 aromatic rings. The summed E-state index contributed by atoms with van der Waals surface area (Å²) in [6.07, 6.45) is 0. The highest BCUT2D eigenvalue weighted by molar-refractivity contribution is 5.71. The van der Waals surface area contributed by atoms with Crippen LogP contribution in [0.4, 0.5) is 0 Å². The predicted octanol–water partition coefficient (Wildman–Crippen LogP) is 3.32. The van der Waals surface area contributed by atoms with Gasteiger partial charge in [0.1, 0.15) is 11.6 Å². The summed E-state index contributed by atoms with van der Waals surface area (Å²) in [5, 5.41) is 27.2. The van der Waals surface area contributed by atoms with Gasteiger partial charge in [0, 0.05) is 5.56 Å². The lowest BCUT2D eigenvalue weighted by Crippen LogP contribution is -2.21. The Balaban J connectivity index is 1.93. The molecule has 0 bridgehead atoms. The van der Waals surface area contributed by atoms with Crippen LogP contribution in [0, 0.1) is 18.3 Å². The van der Waals surface area contributed by atoms with Gasteiger partial charge in [0.15, 0.2) is 11.5 Å². The van der Waals surface area contributed by atoms with Crippen LogP contribution in [0.2, 0.25) is 0 Å². The summed E-state index contributed by atoms with van der Waals surface area (Å²) in [5.41, 5.74) is 10.4. The molecule has 7 heteroatoms. The minimum absolute atomic E-state index is 0.00253. The summed E-state index contributed by atoms with van der Waals surface area (Å²) in [5.74, 6) is 0.0898. The van der Waals surface area contributed by atoms with E-state index in [1.165, 1.54) is 7.11 Å². The number of ether oxygens (including phenoxy) is 2. The quantitative estimate of drug-likeness (QED) is 0.647. The number of phenolic OH excluding ortho intramolecular Hbond substituents is 1. The monoisotopic (exact) mass is 374 g/mol. The number of hydrogen-bond donors (Lipinski definition) is 3. The van der Waals surface area contributed by atoms with Gasteiger partial charge in [-0.25, -0.2) is 0 Å². The minimum atomic E-state index is -0.541. The Morgan fingerprint density at radius 1 is 1.25 bits per heavy atom. The number of aromatic nitrogens is 2. The lowest BCUT2D eigenvalue weighted by molar-refractivity contribution is 0.371. The van der Waals surface area contributed by atoms with Gasteiger partial charge in [0.05, 0.1) is 24.3 Å². The number of aryl methyl sites for hydroxylation is 1. The number of H-pyrrole nitrogens is 1. The maximum absolute atomic E-state index is 10.3. The lowest BCUT2D eigenvalue weighted by atomic mass is 9.83. The Hall–Kier alpha value is -3.92. The van der Waals surface area contributed by atoms with E-state index in [4.69, 9.17) is 15.2 Å². The number of nitrogens with zero attached hydrogens (tertiary/aromatic N) is 2. The fourth-order valence-corrected chi connectivity index (χ4v) is 3.41. The number of aromatic hydroxyl groups is 1. The second-order valence-corrected chi connectivity index (χ2v) is 6.54. The highest BCUT2D eigenvalue weighted by atomic mass is 16.5. The lowest BCUT2D eigenvalue weighted by Gasteiger charge is -2.24. The fraction of sp³-hybridized carbons (Fsp3) is 0.143. The molecule has 4 rings (SSSR count). The topological polar surface area (TPSA) is 117 Å². The molecule has 2 aromatic carbocycles. The third-order valence-electron chi connectivity index (χ3n) is 4.82. The van der Waals surface area contributed by atoms with E-state index in [9.17, 15) is 10.4 Å². The Kier molecular flexibility index (Phi) is 4.17. The van der Waals surface area contributed by atoms with E-state index in [-0.39, 0.29) is 17.2 Å². The van der Waals surface area contributed by atoms with E-state index in [0.717, 1.165) is 16.8 Å². The van der Waals surface area contributed by atoms with Crippen LogP contribution in [0.15, 0.2) is 53.9 Å². The molecule has 0 fully saturated rings. The Morgan fingerprint density at radius 3 is 2.64 bits per heavy atom. The van der Waals surface area contributed by atoms with Crippen LogP contribution >= 0.6 is 0 Å². The maximum Gasteiger partial charge on any atom is 0.244 e. The first-order chi connectivity index (χ1) is 13.5. The molecule has 1 atom stereocenters. The third kappa shape index (κ3) is 2.72. The molecule has 2 heterocycles. The molecule has 0 aliphatic carbocycles. The van der Waals surface area contributed by atoms with Crippen LogP contribution in [0.5, 0.6) is 17.4 Å². The van der Waals surface area contributed by atoms with Crippen LogP contribution in [-0.4, -0.2) is 22.4 Å². The summed E-state index contributed by atoms with van der Waals surface area (Å²) in [6, 6.07) is 15.1. The van der Waals surface area contributed by atoms with Gasteiger partial charge in [-0.05, 0) is 24.6 Å². The van der Waals surface area contributed by atoms with Crippen molar-refractivity contribution >= 4 is 0 Å². The average molecular weight is 374 g/mol. The van der Waals surface area contributed by atoms with Gasteiger partial charge in [0.25, 0.3) is 0 Å². The molecular weight excluding hydrogens is 356 g/mol. The molecular formula is C21H18N4O3. The highest BCUT2D eigenvalue weighted by Crippen LogP contribution is 2.46. The van der Waals surface area contributed by atoms with E-state index < -0.39 is 5.92 Å². The Morgan fingerprint density at radius 2 is 2.00 bits per heavy atom. The first-order valence-electron chi connectivity index (χ1n) is 8.63. The van der Waals surface area contributed by atoms with Crippen LogP contribution in [0.25, 0.3) is 11.3 Å². The molecule has 0 radical (unpaired) electrons.